The van der Waals surface area contributed by atoms with Crippen LogP contribution in [0.3, 0.4) is 0 Å². The third kappa shape index (κ3) is 4.43. The van der Waals surface area contributed by atoms with Gasteiger partial charge in [0.15, 0.2) is 11.5 Å². The highest BCUT2D eigenvalue weighted by Gasteiger charge is 2.32. The van der Waals surface area contributed by atoms with Gasteiger partial charge in [-0.2, -0.15) is 0 Å². The molecule has 4 rings (SSSR count). The zero-order valence-electron chi connectivity index (χ0n) is 16.9. The molecule has 1 saturated carbocycles. The smallest absolute Gasteiger partial charge is 0.294 e. The number of fused-ring (bicyclic) bond motifs is 1. The fraction of sp³-hybridized carbons (Fsp3) is 0.333. The number of hydrogen-bond donors (Lipinski definition) is 1. The highest BCUT2D eigenvalue weighted by molar-refractivity contribution is 9.10. The van der Waals surface area contributed by atoms with Crippen LogP contribution in [0.4, 0.5) is 5.69 Å². The van der Waals surface area contributed by atoms with E-state index in [2.05, 4.69) is 28.2 Å². The minimum Gasteiger partial charge on any atom is -0.449 e. The molecule has 2 aromatic rings. The number of halogens is 1. The molecule has 2 aromatic carbocycles. The lowest BCUT2D eigenvalue weighted by Gasteiger charge is -2.32. The number of benzene rings is 2. The number of amides is 2. The minimum absolute atomic E-state index is 0.0320. The summed E-state index contributed by atoms with van der Waals surface area (Å²) >= 11 is 3.50. The number of para-hydroxylation sites is 2. The zero-order valence-corrected chi connectivity index (χ0v) is 18.5. The average molecular weight is 469 g/mol. The van der Waals surface area contributed by atoms with E-state index in [1.54, 1.807) is 12.1 Å². The summed E-state index contributed by atoms with van der Waals surface area (Å²) in [5.41, 5.74) is 1.44. The van der Waals surface area contributed by atoms with Gasteiger partial charge in [0.05, 0.1) is 5.69 Å². The normalized spacial score (nSPS) is 22.4. The molecule has 0 unspecified atom stereocenters. The summed E-state index contributed by atoms with van der Waals surface area (Å²) in [5, 5.41) is 3.14. The lowest BCUT2D eigenvalue weighted by Crippen LogP contribution is -2.48. The molecule has 2 atom stereocenters. The van der Waals surface area contributed by atoms with Gasteiger partial charge in [-0.05, 0) is 48.6 Å². The van der Waals surface area contributed by atoms with E-state index in [9.17, 15) is 9.59 Å². The van der Waals surface area contributed by atoms with Crippen LogP contribution in [0.1, 0.15) is 38.2 Å². The van der Waals surface area contributed by atoms with Gasteiger partial charge in [0.25, 0.3) is 5.91 Å². The van der Waals surface area contributed by atoms with E-state index in [0.29, 0.717) is 17.4 Å². The third-order valence-corrected chi connectivity index (χ3v) is 6.51. The van der Waals surface area contributed by atoms with E-state index in [1.807, 2.05) is 42.5 Å². The number of anilines is 1. The van der Waals surface area contributed by atoms with E-state index < -0.39 is 0 Å². The first-order valence-corrected chi connectivity index (χ1v) is 11.2. The van der Waals surface area contributed by atoms with Crippen molar-refractivity contribution in [2.24, 2.45) is 5.92 Å². The van der Waals surface area contributed by atoms with Crippen LogP contribution < -0.4 is 15.0 Å². The zero-order chi connectivity index (χ0) is 21.1. The van der Waals surface area contributed by atoms with Gasteiger partial charge >= 0.3 is 0 Å². The fourth-order valence-corrected chi connectivity index (χ4v) is 4.48. The molecule has 1 fully saturated rings. The van der Waals surface area contributed by atoms with Crippen LogP contribution in [-0.4, -0.2) is 24.4 Å². The first-order chi connectivity index (χ1) is 14.5. The van der Waals surface area contributed by atoms with Crippen molar-refractivity contribution in [3.05, 3.63) is 64.3 Å². The van der Waals surface area contributed by atoms with Crippen molar-refractivity contribution in [2.45, 2.75) is 38.6 Å². The van der Waals surface area contributed by atoms with E-state index in [-0.39, 0.29) is 30.2 Å². The van der Waals surface area contributed by atoms with Crippen molar-refractivity contribution in [1.82, 2.24) is 5.32 Å². The van der Waals surface area contributed by atoms with Crippen LogP contribution in [0, 0.1) is 5.92 Å². The van der Waals surface area contributed by atoms with E-state index in [0.717, 1.165) is 29.3 Å². The number of carbonyl (C=O) groups is 2. The molecule has 0 radical (unpaired) electrons. The monoisotopic (exact) mass is 468 g/mol. The van der Waals surface area contributed by atoms with Gasteiger partial charge < -0.3 is 10.1 Å². The maximum absolute atomic E-state index is 13.2. The maximum atomic E-state index is 13.2. The quantitative estimate of drug-likeness (QED) is 0.648. The number of hydrogen-bond acceptors (Lipinski definition) is 3. The van der Waals surface area contributed by atoms with E-state index in [4.69, 9.17) is 4.74 Å². The average Bonchev–Trinajstić information content (AvgIpc) is 2.74. The summed E-state index contributed by atoms with van der Waals surface area (Å²) < 4.78 is 6.76. The van der Waals surface area contributed by atoms with Gasteiger partial charge in [-0.25, -0.2) is 0 Å². The lowest BCUT2D eigenvalue weighted by molar-refractivity contribution is -0.124. The van der Waals surface area contributed by atoms with E-state index >= 15 is 0 Å². The fourth-order valence-electron chi connectivity index (χ4n) is 4.08. The Morgan fingerprint density at radius 2 is 1.90 bits per heavy atom. The van der Waals surface area contributed by atoms with Crippen molar-refractivity contribution < 1.29 is 14.3 Å². The number of ether oxygens (including phenoxy) is 1. The molecule has 1 aliphatic heterocycles. The molecule has 30 heavy (non-hydrogen) atoms. The molecule has 5 nitrogen and oxygen atoms in total. The summed E-state index contributed by atoms with van der Waals surface area (Å²) in [6.07, 6.45) is 6.17. The molecule has 2 amide bonds. The summed E-state index contributed by atoms with van der Waals surface area (Å²) in [6, 6.07) is 15.1. The molecule has 1 heterocycles. The molecule has 2 aliphatic rings. The van der Waals surface area contributed by atoms with Crippen LogP contribution in [0.25, 0.3) is 6.08 Å². The second-order valence-corrected chi connectivity index (χ2v) is 8.78. The number of rotatable bonds is 4. The molecule has 0 spiro atoms. The summed E-state index contributed by atoms with van der Waals surface area (Å²) in [6.45, 7) is 2.15. The van der Waals surface area contributed by atoms with Crippen LogP contribution in [-0.2, 0) is 9.59 Å². The Labute approximate surface area is 185 Å². The molecule has 0 aromatic heterocycles. The number of nitrogens with one attached hydrogen (secondary N) is 1. The minimum atomic E-state index is -0.323. The number of carbonyl (C=O) groups excluding carboxylic acids is 2. The standard InChI is InChI=1S/C24H25BrN2O3/c1-16-8-2-5-11-19(16)26-23(28)15-27-20-12-6-7-13-21(20)30-22(24(27)29)14-17-9-3-4-10-18(17)25/h3-4,6-7,9-10,12-14,16,19H,2,5,8,11,15H2,1H3,(H,26,28)/b22-14+/t16-,19+/m1/s1. The lowest BCUT2D eigenvalue weighted by atomic mass is 9.86. The van der Waals surface area contributed by atoms with Gasteiger partial charge in [0.2, 0.25) is 5.91 Å². The maximum Gasteiger partial charge on any atom is 0.294 e. The molecular weight excluding hydrogens is 444 g/mol. The molecule has 0 bridgehead atoms. The highest BCUT2D eigenvalue weighted by atomic mass is 79.9. The predicted molar refractivity (Wildman–Crippen MR) is 121 cm³/mol. The second-order valence-electron chi connectivity index (χ2n) is 7.93. The molecule has 156 valence electrons. The van der Waals surface area contributed by atoms with Crippen molar-refractivity contribution in [2.75, 3.05) is 11.4 Å². The topological polar surface area (TPSA) is 58.6 Å². The van der Waals surface area contributed by atoms with Crippen LogP contribution >= 0.6 is 15.9 Å². The summed E-state index contributed by atoms with van der Waals surface area (Å²) in [7, 11) is 0. The van der Waals surface area contributed by atoms with E-state index in [1.165, 1.54) is 11.3 Å². The van der Waals surface area contributed by atoms with Crippen molar-refractivity contribution in [3.8, 4) is 5.75 Å². The first-order valence-electron chi connectivity index (χ1n) is 10.4. The van der Waals surface area contributed by atoms with Gasteiger partial charge in [0, 0.05) is 10.5 Å². The van der Waals surface area contributed by atoms with Gasteiger partial charge in [-0.3, -0.25) is 14.5 Å². The van der Waals surface area contributed by atoms with Crippen LogP contribution in [0.2, 0.25) is 0 Å². The molecule has 6 heteroatoms. The Balaban J connectivity index is 1.58. The molecular formula is C24H25BrN2O3. The van der Waals surface area contributed by atoms with Gasteiger partial charge in [-0.1, -0.05) is 66.0 Å². The summed E-state index contributed by atoms with van der Waals surface area (Å²) in [4.78, 5) is 27.6. The Bertz CT molecular complexity index is 988. The summed E-state index contributed by atoms with van der Waals surface area (Å²) in [5.74, 6) is 0.755. The Morgan fingerprint density at radius 1 is 1.17 bits per heavy atom. The number of nitrogens with zero attached hydrogens (tertiary/aromatic N) is 1. The Hall–Kier alpha value is -2.60. The Morgan fingerprint density at radius 3 is 2.70 bits per heavy atom. The molecule has 1 N–H and O–H groups in total. The molecule has 1 aliphatic carbocycles. The van der Waals surface area contributed by atoms with Gasteiger partial charge in [-0.15, -0.1) is 0 Å². The predicted octanol–water partition coefficient (Wildman–Crippen LogP) is 4.91. The highest BCUT2D eigenvalue weighted by Crippen LogP contribution is 2.36. The SMILES string of the molecule is C[C@@H]1CCCC[C@@H]1NC(=O)CN1C(=O)/C(=C\c2ccccc2Br)Oc2ccccc21. The van der Waals surface area contributed by atoms with Crippen molar-refractivity contribution in [1.29, 1.82) is 0 Å². The van der Waals surface area contributed by atoms with Gasteiger partial charge in [0.1, 0.15) is 6.54 Å². The van der Waals surface area contributed by atoms with Crippen molar-refractivity contribution >= 4 is 39.5 Å². The first kappa shape index (κ1) is 20.7. The van der Waals surface area contributed by atoms with Crippen LogP contribution in [0.5, 0.6) is 5.75 Å². The van der Waals surface area contributed by atoms with Crippen molar-refractivity contribution in [3.63, 3.8) is 0 Å². The van der Waals surface area contributed by atoms with Crippen LogP contribution in [0.15, 0.2) is 58.8 Å². The largest absolute Gasteiger partial charge is 0.449 e. The molecule has 0 saturated heterocycles. The second kappa shape index (κ2) is 9.04. The Kier molecular flexibility index (Phi) is 6.23. The third-order valence-electron chi connectivity index (χ3n) is 5.78.